The van der Waals surface area contributed by atoms with E-state index in [0.29, 0.717) is 12.0 Å². The van der Waals surface area contributed by atoms with Crippen LogP contribution in [0.5, 0.6) is 0 Å². The van der Waals surface area contributed by atoms with E-state index in [2.05, 4.69) is 36.1 Å². The highest BCUT2D eigenvalue weighted by atomic mass is 32.1. The fourth-order valence-electron chi connectivity index (χ4n) is 1.88. The van der Waals surface area contributed by atoms with E-state index in [0.717, 1.165) is 6.42 Å². The molecule has 0 aromatic carbocycles. The van der Waals surface area contributed by atoms with Gasteiger partial charge in [0.05, 0.1) is 0 Å². The van der Waals surface area contributed by atoms with Gasteiger partial charge in [0.2, 0.25) is 0 Å². The highest BCUT2D eigenvalue weighted by Gasteiger charge is 2.17. The first kappa shape index (κ1) is 11.7. The normalized spacial score (nSPS) is 13.4. The van der Waals surface area contributed by atoms with Gasteiger partial charge in [-0.15, -0.1) is 0 Å². The van der Waals surface area contributed by atoms with E-state index in [9.17, 15) is 0 Å². The molecule has 0 aliphatic carbocycles. The van der Waals surface area contributed by atoms with E-state index >= 15 is 0 Å². The highest BCUT2D eigenvalue weighted by molar-refractivity contribution is 7.07. The molecular weight excluding hydrogens is 192 g/mol. The zero-order valence-electron chi connectivity index (χ0n) is 8.99. The molecule has 1 atom stereocenters. The Morgan fingerprint density at radius 1 is 1.43 bits per heavy atom. The van der Waals surface area contributed by atoms with E-state index in [4.69, 9.17) is 5.84 Å². The zero-order chi connectivity index (χ0) is 10.4. The Balaban J connectivity index is 2.53. The van der Waals surface area contributed by atoms with Crippen LogP contribution in [0.1, 0.15) is 32.3 Å². The van der Waals surface area contributed by atoms with Gasteiger partial charge in [0, 0.05) is 6.04 Å². The standard InChI is InChI=1S/C11H20N2S/c1-3-10(4-2)11(13-12)7-9-5-6-14-8-9/h5-6,8,10-11,13H,3-4,7,12H2,1-2H3. The first-order valence-electron chi connectivity index (χ1n) is 5.29. The van der Waals surface area contributed by atoms with Crippen molar-refractivity contribution in [1.29, 1.82) is 0 Å². The Labute approximate surface area is 90.5 Å². The molecular formula is C11H20N2S. The molecule has 2 nitrogen and oxygen atoms in total. The second-order valence-corrected chi connectivity index (χ2v) is 4.47. The summed E-state index contributed by atoms with van der Waals surface area (Å²) >= 11 is 1.75. The summed E-state index contributed by atoms with van der Waals surface area (Å²) in [6.45, 7) is 4.46. The molecule has 3 N–H and O–H groups in total. The quantitative estimate of drug-likeness (QED) is 0.562. The van der Waals surface area contributed by atoms with Crippen molar-refractivity contribution in [2.45, 2.75) is 39.2 Å². The molecule has 1 aromatic rings. The number of thiophene rings is 1. The van der Waals surface area contributed by atoms with Crippen LogP contribution >= 0.6 is 11.3 Å². The first-order chi connectivity index (χ1) is 6.81. The topological polar surface area (TPSA) is 38.0 Å². The monoisotopic (exact) mass is 212 g/mol. The molecule has 80 valence electrons. The van der Waals surface area contributed by atoms with Crippen molar-refractivity contribution in [3.8, 4) is 0 Å². The number of rotatable bonds is 6. The fourth-order valence-corrected chi connectivity index (χ4v) is 2.56. The van der Waals surface area contributed by atoms with E-state index < -0.39 is 0 Å². The van der Waals surface area contributed by atoms with Gasteiger partial charge in [-0.1, -0.05) is 26.7 Å². The third-order valence-electron chi connectivity index (χ3n) is 2.87. The maximum absolute atomic E-state index is 5.59. The van der Waals surface area contributed by atoms with Gasteiger partial charge in [-0.2, -0.15) is 11.3 Å². The highest BCUT2D eigenvalue weighted by Crippen LogP contribution is 2.18. The van der Waals surface area contributed by atoms with Crippen molar-refractivity contribution < 1.29 is 0 Å². The van der Waals surface area contributed by atoms with Crippen molar-refractivity contribution in [2.24, 2.45) is 11.8 Å². The van der Waals surface area contributed by atoms with E-state index in [-0.39, 0.29) is 0 Å². The lowest BCUT2D eigenvalue weighted by Crippen LogP contribution is -2.42. The number of nitrogens with one attached hydrogen (secondary N) is 1. The number of hydrogen-bond acceptors (Lipinski definition) is 3. The van der Waals surface area contributed by atoms with Gasteiger partial charge in [-0.3, -0.25) is 11.3 Å². The van der Waals surface area contributed by atoms with Crippen LogP contribution in [0.15, 0.2) is 16.8 Å². The van der Waals surface area contributed by atoms with Crippen LogP contribution in [-0.2, 0) is 6.42 Å². The summed E-state index contributed by atoms with van der Waals surface area (Å²) in [5.41, 5.74) is 4.34. The van der Waals surface area contributed by atoms with Crippen LogP contribution in [0.2, 0.25) is 0 Å². The van der Waals surface area contributed by atoms with Crippen molar-refractivity contribution >= 4 is 11.3 Å². The average molecular weight is 212 g/mol. The van der Waals surface area contributed by atoms with Crippen molar-refractivity contribution in [3.63, 3.8) is 0 Å². The van der Waals surface area contributed by atoms with Crippen LogP contribution in [0.25, 0.3) is 0 Å². The summed E-state index contributed by atoms with van der Waals surface area (Å²) in [5, 5.41) is 4.32. The summed E-state index contributed by atoms with van der Waals surface area (Å²) in [6.07, 6.45) is 3.43. The van der Waals surface area contributed by atoms with Crippen LogP contribution in [0.3, 0.4) is 0 Å². The van der Waals surface area contributed by atoms with Gasteiger partial charge >= 0.3 is 0 Å². The molecule has 0 aliphatic rings. The molecule has 1 rings (SSSR count). The smallest absolute Gasteiger partial charge is 0.0279 e. The minimum absolute atomic E-state index is 0.416. The predicted octanol–water partition coefficient (Wildman–Crippen LogP) is 2.56. The third-order valence-corrected chi connectivity index (χ3v) is 3.60. The molecule has 1 unspecified atom stereocenters. The van der Waals surface area contributed by atoms with Crippen LogP contribution in [0, 0.1) is 5.92 Å². The van der Waals surface area contributed by atoms with Gasteiger partial charge in [-0.25, -0.2) is 0 Å². The number of hydrogen-bond donors (Lipinski definition) is 2. The number of nitrogens with two attached hydrogens (primary N) is 1. The summed E-state index contributed by atoms with van der Waals surface area (Å²) in [6, 6.07) is 2.59. The molecule has 1 aromatic heterocycles. The molecule has 14 heavy (non-hydrogen) atoms. The zero-order valence-corrected chi connectivity index (χ0v) is 9.81. The average Bonchev–Trinajstić information content (AvgIpc) is 2.70. The van der Waals surface area contributed by atoms with Crippen molar-refractivity contribution in [1.82, 2.24) is 5.43 Å². The van der Waals surface area contributed by atoms with Crippen LogP contribution in [0.4, 0.5) is 0 Å². The van der Waals surface area contributed by atoms with E-state index in [1.807, 2.05) is 0 Å². The summed E-state index contributed by atoms with van der Waals surface area (Å²) in [5.74, 6) is 6.28. The first-order valence-corrected chi connectivity index (χ1v) is 6.23. The maximum Gasteiger partial charge on any atom is 0.0279 e. The Morgan fingerprint density at radius 3 is 2.57 bits per heavy atom. The van der Waals surface area contributed by atoms with Gasteiger partial charge in [0.1, 0.15) is 0 Å². The minimum atomic E-state index is 0.416. The molecule has 0 saturated heterocycles. The lowest BCUT2D eigenvalue weighted by atomic mass is 9.91. The minimum Gasteiger partial charge on any atom is -0.271 e. The van der Waals surface area contributed by atoms with Crippen LogP contribution in [-0.4, -0.2) is 6.04 Å². The summed E-state index contributed by atoms with van der Waals surface area (Å²) in [7, 11) is 0. The third kappa shape index (κ3) is 3.08. The molecule has 1 heterocycles. The van der Waals surface area contributed by atoms with Gasteiger partial charge < -0.3 is 0 Å². The van der Waals surface area contributed by atoms with Gasteiger partial charge in [-0.05, 0) is 34.7 Å². The molecule has 3 heteroatoms. The van der Waals surface area contributed by atoms with Crippen molar-refractivity contribution in [2.75, 3.05) is 0 Å². The van der Waals surface area contributed by atoms with Crippen molar-refractivity contribution in [3.05, 3.63) is 22.4 Å². The van der Waals surface area contributed by atoms with E-state index in [1.165, 1.54) is 18.4 Å². The number of hydrazine groups is 1. The molecule has 0 fully saturated rings. The molecule has 0 amide bonds. The maximum atomic E-state index is 5.59. The molecule has 0 aliphatic heterocycles. The van der Waals surface area contributed by atoms with Gasteiger partial charge in [0.15, 0.2) is 0 Å². The largest absolute Gasteiger partial charge is 0.271 e. The fraction of sp³-hybridized carbons (Fsp3) is 0.636. The molecule has 0 radical (unpaired) electrons. The molecule has 0 saturated carbocycles. The molecule has 0 bridgehead atoms. The summed E-state index contributed by atoms with van der Waals surface area (Å²) in [4.78, 5) is 0. The second kappa shape index (κ2) is 6.17. The predicted molar refractivity (Wildman–Crippen MR) is 63.2 cm³/mol. The Morgan fingerprint density at radius 2 is 2.14 bits per heavy atom. The second-order valence-electron chi connectivity index (χ2n) is 3.69. The Hall–Kier alpha value is -0.380. The van der Waals surface area contributed by atoms with Crippen LogP contribution < -0.4 is 11.3 Å². The summed E-state index contributed by atoms with van der Waals surface area (Å²) < 4.78 is 0. The van der Waals surface area contributed by atoms with E-state index in [1.54, 1.807) is 11.3 Å². The lowest BCUT2D eigenvalue weighted by Gasteiger charge is -2.24. The Bertz CT molecular complexity index is 229. The lowest BCUT2D eigenvalue weighted by molar-refractivity contribution is 0.336. The Kier molecular flexibility index (Phi) is 5.15. The van der Waals surface area contributed by atoms with Gasteiger partial charge in [0.25, 0.3) is 0 Å². The SMILES string of the molecule is CCC(CC)C(Cc1ccsc1)NN. The molecule has 0 spiro atoms.